The summed E-state index contributed by atoms with van der Waals surface area (Å²) < 4.78 is 0. The Morgan fingerprint density at radius 1 is 1.21 bits per heavy atom. The van der Waals surface area contributed by atoms with Crippen LogP contribution in [0.25, 0.3) is 0 Å². The molecule has 0 bridgehead atoms. The lowest BCUT2D eigenvalue weighted by Gasteiger charge is -2.40. The fourth-order valence-electron chi connectivity index (χ4n) is 4.79. The maximum atomic E-state index is 13.3. The number of hydrogen-bond acceptors (Lipinski definition) is 2. The van der Waals surface area contributed by atoms with E-state index >= 15 is 0 Å². The number of urea groups is 1. The van der Waals surface area contributed by atoms with Gasteiger partial charge in [0.15, 0.2) is 0 Å². The second-order valence-corrected chi connectivity index (χ2v) is 9.22. The van der Waals surface area contributed by atoms with Crippen LogP contribution in [0.5, 0.6) is 0 Å². The molecule has 1 aliphatic carbocycles. The Bertz CT molecular complexity index is 651. The van der Waals surface area contributed by atoms with E-state index in [1.54, 1.807) is 0 Å². The molecule has 0 spiro atoms. The number of carbonyl (C=O) groups is 1. The summed E-state index contributed by atoms with van der Waals surface area (Å²) in [6.45, 7) is 7.13. The molecule has 28 heavy (non-hydrogen) atoms. The molecule has 1 unspecified atom stereocenters. The summed E-state index contributed by atoms with van der Waals surface area (Å²) in [4.78, 5) is 17.9. The zero-order chi connectivity index (χ0) is 20.1. The molecule has 1 atom stereocenters. The monoisotopic (exact) mass is 405 g/mol. The van der Waals surface area contributed by atoms with Gasteiger partial charge in [0.25, 0.3) is 0 Å². The van der Waals surface area contributed by atoms with E-state index in [9.17, 15) is 4.79 Å². The van der Waals surface area contributed by atoms with Crippen molar-refractivity contribution in [3.05, 3.63) is 34.3 Å². The highest BCUT2D eigenvalue weighted by atomic mass is 35.5. The van der Waals surface area contributed by atoms with Crippen molar-refractivity contribution in [1.29, 1.82) is 0 Å². The van der Waals surface area contributed by atoms with Crippen LogP contribution in [0.4, 0.5) is 4.79 Å². The third-order valence-electron chi connectivity index (χ3n) is 6.69. The van der Waals surface area contributed by atoms with E-state index in [0.717, 1.165) is 48.6 Å². The van der Waals surface area contributed by atoms with Crippen molar-refractivity contribution in [1.82, 2.24) is 15.1 Å². The minimum atomic E-state index is -0.0497. The van der Waals surface area contributed by atoms with Gasteiger partial charge in [0.1, 0.15) is 0 Å². The van der Waals surface area contributed by atoms with Crippen molar-refractivity contribution in [3.8, 4) is 0 Å². The standard InChI is InChI=1S/C23H36ClN3O/c1-17-21(10-7-11-22(17)24)18(2)25-23(28)27(16-19-8-5-4-6-9-19)20-12-14-26(3)15-13-20/h7,10-11,18-20H,4-6,8-9,12-16H2,1-3H3,(H,25,28). The van der Waals surface area contributed by atoms with Crippen molar-refractivity contribution in [2.45, 2.75) is 70.9 Å². The molecule has 1 saturated heterocycles. The first kappa shape index (κ1) is 21.4. The Balaban J connectivity index is 1.70. The molecule has 1 aromatic rings. The predicted octanol–water partition coefficient (Wildman–Crippen LogP) is 5.40. The zero-order valence-corrected chi connectivity index (χ0v) is 18.5. The van der Waals surface area contributed by atoms with E-state index in [-0.39, 0.29) is 12.1 Å². The quantitative estimate of drug-likeness (QED) is 0.712. The number of piperidine rings is 1. The average Bonchev–Trinajstić information content (AvgIpc) is 2.69. The zero-order valence-electron chi connectivity index (χ0n) is 17.7. The summed E-state index contributed by atoms with van der Waals surface area (Å²) in [6.07, 6.45) is 8.64. The molecule has 2 fully saturated rings. The second-order valence-electron chi connectivity index (χ2n) is 8.82. The van der Waals surface area contributed by atoms with Crippen LogP contribution in [0.3, 0.4) is 0 Å². The molecule has 156 valence electrons. The maximum absolute atomic E-state index is 13.3. The predicted molar refractivity (Wildman–Crippen MR) is 117 cm³/mol. The highest BCUT2D eigenvalue weighted by molar-refractivity contribution is 6.31. The van der Waals surface area contributed by atoms with E-state index in [1.807, 2.05) is 19.1 Å². The van der Waals surface area contributed by atoms with Gasteiger partial charge in [-0.25, -0.2) is 4.79 Å². The summed E-state index contributed by atoms with van der Waals surface area (Å²) in [5.74, 6) is 0.655. The summed E-state index contributed by atoms with van der Waals surface area (Å²) in [6, 6.07) is 6.32. The van der Waals surface area contributed by atoms with Gasteiger partial charge in [-0.15, -0.1) is 0 Å². The fourth-order valence-corrected chi connectivity index (χ4v) is 4.97. The molecule has 2 aliphatic rings. The third kappa shape index (κ3) is 5.42. The fraction of sp³-hybridized carbons (Fsp3) is 0.696. The normalized spacial score (nSPS) is 20.7. The van der Waals surface area contributed by atoms with Crippen molar-refractivity contribution in [2.75, 3.05) is 26.7 Å². The van der Waals surface area contributed by atoms with Crippen LogP contribution >= 0.6 is 11.6 Å². The molecule has 1 saturated carbocycles. The van der Waals surface area contributed by atoms with Crippen LogP contribution in [-0.2, 0) is 0 Å². The Morgan fingerprint density at radius 2 is 1.89 bits per heavy atom. The van der Waals surface area contributed by atoms with Gasteiger partial charge in [-0.2, -0.15) is 0 Å². The number of halogens is 1. The number of carbonyl (C=O) groups excluding carboxylic acids is 1. The number of benzene rings is 1. The van der Waals surface area contributed by atoms with E-state index in [4.69, 9.17) is 11.6 Å². The highest BCUT2D eigenvalue weighted by Gasteiger charge is 2.30. The summed E-state index contributed by atoms with van der Waals surface area (Å²) >= 11 is 6.29. The molecule has 0 radical (unpaired) electrons. The van der Waals surface area contributed by atoms with Crippen LogP contribution in [0.2, 0.25) is 5.02 Å². The Morgan fingerprint density at radius 3 is 2.57 bits per heavy atom. The minimum Gasteiger partial charge on any atom is -0.331 e. The van der Waals surface area contributed by atoms with Gasteiger partial charge in [0.05, 0.1) is 6.04 Å². The van der Waals surface area contributed by atoms with E-state index < -0.39 is 0 Å². The minimum absolute atomic E-state index is 0.0497. The van der Waals surface area contributed by atoms with Gasteiger partial charge >= 0.3 is 6.03 Å². The van der Waals surface area contributed by atoms with Gasteiger partial charge in [-0.05, 0) is 82.8 Å². The summed E-state index contributed by atoms with van der Waals surface area (Å²) in [5, 5.41) is 4.03. The van der Waals surface area contributed by atoms with Crippen molar-refractivity contribution < 1.29 is 4.79 Å². The number of hydrogen-bond donors (Lipinski definition) is 1. The number of likely N-dealkylation sites (tertiary alicyclic amines) is 1. The lowest BCUT2D eigenvalue weighted by molar-refractivity contribution is 0.111. The number of nitrogens with zero attached hydrogens (tertiary/aromatic N) is 2. The number of amides is 2. The number of nitrogens with one attached hydrogen (secondary N) is 1. The molecular weight excluding hydrogens is 370 g/mol. The molecule has 1 aliphatic heterocycles. The Hall–Kier alpha value is -1.26. The van der Waals surface area contributed by atoms with Gasteiger partial charge in [-0.1, -0.05) is 43.0 Å². The second kappa shape index (κ2) is 9.98. The lowest BCUT2D eigenvalue weighted by Crippen LogP contribution is -2.52. The molecule has 0 aromatic heterocycles. The Labute approximate surface area is 175 Å². The average molecular weight is 406 g/mol. The lowest BCUT2D eigenvalue weighted by atomic mass is 9.88. The van der Waals surface area contributed by atoms with Crippen LogP contribution in [-0.4, -0.2) is 48.6 Å². The first-order chi connectivity index (χ1) is 13.5. The topological polar surface area (TPSA) is 35.6 Å². The maximum Gasteiger partial charge on any atom is 0.318 e. The van der Waals surface area contributed by atoms with Crippen LogP contribution in [0.1, 0.15) is 69.0 Å². The van der Waals surface area contributed by atoms with Crippen molar-refractivity contribution in [2.24, 2.45) is 5.92 Å². The molecule has 1 aromatic carbocycles. The first-order valence-electron chi connectivity index (χ1n) is 11.0. The van der Waals surface area contributed by atoms with Crippen LogP contribution < -0.4 is 5.32 Å². The SMILES string of the molecule is Cc1c(Cl)cccc1C(C)NC(=O)N(CC1CCCCC1)C1CCN(C)CC1. The number of rotatable bonds is 5. The molecule has 5 heteroatoms. The van der Waals surface area contributed by atoms with Crippen LogP contribution in [0, 0.1) is 12.8 Å². The van der Waals surface area contributed by atoms with E-state index in [2.05, 4.69) is 35.2 Å². The molecular formula is C23H36ClN3O. The van der Waals surface area contributed by atoms with Crippen molar-refractivity contribution in [3.63, 3.8) is 0 Å². The third-order valence-corrected chi connectivity index (χ3v) is 7.09. The van der Waals surface area contributed by atoms with Gasteiger partial charge in [0, 0.05) is 17.6 Å². The van der Waals surface area contributed by atoms with E-state index in [1.165, 1.54) is 32.1 Å². The van der Waals surface area contributed by atoms with E-state index in [0.29, 0.717) is 12.0 Å². The summed E-state index contributed by atoms with van der Waals surface area (Å²) in [7, 11) is 2.17. The van der Waals surface area contributed by atoms with Gasteiger partial charge in [-0.3, -0.25) is 0 Å². The smallest absolute Gasteiger partial charge is 0.318 e. The first-order valence-corrected chi connectivity index (χ1v) is 11.3. The van der Waals surface area contributed by atoms with Crippen LogP contribution in [0.15, 0.2) is 18.2 Å². The molecule has 1 heterocycles. The van der Waals surface area contributed by atoms with Gasteiger partial charge < -0.3 is 15.1 Å². The van der Waals surface area contributed by atoms with Gasteiger partial charge in [0.2, 0.25) is 0 Å². The van der Waals surface area contributed by atoms with Crippen molar-refractivity contribution >= 4 is 17.6 Å². The molecule has 2 amide bonds. The largest absolute Gasteiger partial charge is 0.331 e. The Kier molecular flexibility index (Phi) is 7.64. The molecule has 3 rings (SSSR count). The highest BCUT2D eigenvalue weighted by Crippen LogP contribution is 2.28. The summed E-state index contributed by atoms with van der Waals surface area (Å²) in [5.41, 5.74) is 2.15. The molecule has 4 nitrogen and oxygen atoms in total. The molecule has 1 N–H and O–H groups in total.